The summed E-state index contributed by atoms with van der Waals surface area (Å²) >= 11 is 0. The van der Waals surface area contributed by atoms with Crippen molar-refractivity contribution in [2.75, 3.05) is 37.5 Å². The van der Waals surface area contributed by atoms with E-state index in [4.69, 9.17) is 25.5 Å². The molecule has 0 radical (unpaired) electrons. The summed E-state index contributed by atoms with van der Waals surface area (Å²) in [5, 5.41) is 16.6. The van der Waals surface area contributed by atoms with Gasteiger partial charge in [-0.15, -0.1) is 0 Å². The number of nitrogens with two attached hydrogens (primary N) is 1. The number of imidazole rings is 1. The number of nitrogens with one attached hydrogen (secondary N) is 4. The molecule has 0 saturated carbocycles. The summed E-state index contributed by atoms with van der Waals surface area (Å²) in [6.45, 7) is 9.57. The molecule has 53 heavy (non-hydrogen) atoms. The van der Waals surface area contributed by atoms with Gasteiger partial charge in [0.05, 0.1) is 41.8 Å². The van der Waals surface area contributed by atoms with Crippen LogP contribution in [0.4, 0.5) is 11.4 Å². The van der Waals surface area contributed by atoms with Crippen LogP contribution in [0, 0.1) is 11.8 Å². The van der Waals surface area contributed by atoms with Crippen molar-refractivity contribution >= 4 is 50.0 Å². The van der Waals surface area contributed by atoms with Crippen LogP contribution in [0.5, 0.6) is 0 Å². The zero-order valence-electron chi connectivity index (χ0n) is 31.7. The van der Waals surface area contributed by atoms with Gasteiger partial charge in [-0.2, -0.15) is 11.0 Å². The molecule has 0 spiro atoms. The van der Waals surface area contributed by atoms with Crippen molar-refractivity contribution in [2.45, 2.75) is 90.0 Å². The van der Waals surface area contributed by atoms with Gasteiger partial charge in [-0.05, 0) is 80.1 Å². The van der Waals surface area contributed by atoms with Crippen molar-refractivity contribution in [3.8, 4) is 11.3 Å². The van der Waals surface area contributed by atoms with E-state index in [9.17, 15) is 10.0 Å². The molecule has 2 aliphatic heterocycles. The Labute approximate surface area is 311 Å². The number of H-pyrrole nitrogens is 1. The second-order valence-corrected chi connectivity index (χ2v) is 15.4. The van der Waals surface area contributed by atoms with E-state index in [1.807, 2.05) is 31.1 Å². The lowest BCUT2D eigenvalue weighted by Gasteiger charge is -2.36. The van der Waals surface area contributed by atoms with Crippen LogP contribution < -0.4 is 26.9 Å². The summed E-state index contributed by atoms with van der Waals surface area (Å²) in [5.74, 6) is 1.32. The lowest BCUT2D eigenvalue weighted by atomic mass is 9.89. The van der Waals surface area contributed by atoms with Gasteiger partial charge in [0.1, 0.15) is 23.5 Å². The second kappa shape index (κ2) is 15.5. The third-order valence-corrected chi connectivity index (χ3v) is 11.4. The van der Waals surface area contributed by atoms with Crippen LogP contribution in [0.15, 0.2) is 48.8 Å². The van der Waals surface area contributed by atoms with Crippen LogP contribution >= 0.6 is 0 Å². The van der Waals surface area contributed by atoms with Gasteiger partial charge in [0.25, 0.3) is 0 Å². The third-order valence-electron chi connectivity index (χ3n) is 11.4. The minimum absolute atomic E-state index is 0.0309. The molecule has 3 aromatic heterocycles. The monoisotopic (exact) mass is 722 g/mol. The molecule has 2 aliphatic rings. The number of amides is 1. The molecule has 0 aliphatic carbocycles. The normalized spacial score (nSPS) is 19.1. The number of carbonyl (C=O) groups excluding carboxylic acids is 1. The van der Waals surface area contributed by atoms with Crippen LogP contribution in [-0.2, 0) is 9.63 Å². The van der Waals surface area contributed by atoms with Crippen molar-refractivity contribution in [3.05, 3.63) is 54.6 Å². The Morgan fingerprint density at radius 3 is 2.66 bits per heavy atom. The van der Waals surface area contributed by atoms with E-state index in [1.54, 1.807) is 7.11 Å². The number of fused-ring (bicyclic) bond motifs is 6. The molecule has 5 aromatic rings. The van der Waals surface area contributed by atoms with E-state index in [0.29, 0.717) is 19.0 Å². The molecule has 7 rings (SSSR count). The summed E-state index contributed by atoms with van der Waals surface area (Å²) in [7, 11) is 3.72. The molecular formula is C40H54N10O3. The van der Waals surface area contributed by atoms with Crippen LogP contribution in [0.3, 0.4) is 0 Å². The standard InChI is InChI=1S/C40H54N10O3/c1-22(2)30(48-53-6)19-26(9-7-15-41)38-44-29-14-12-24-17-31(42-20-28(24)36(29)45-38)25-11-13-27-32(18-25)43-21-34-37(27)46-39(49(34)5)33-10-8-16-50(33)40(51)35(47-52)23(3)4/h11-14,17-18,20-23,26,30,33,35,39,42,46-48,52H,7-10,15-16,19,41H2,1-6H3/t26?,30-,33+,35+,39?/m1/s1. The highest BCUT2D eigenvalue weighted by molar-refractivity contribution is 6.05. The molecule has 282 valence electrons. The number of aromatic nitrogens is 4. The molecule has 1 saturated heterocycles. The van der Waals surface area contributed by atoms with Gasteiger partial charge >= 0.3 is 0 Å². The van der Waals surface area contributed by atoms with E-state index in [-0.39, 0.29) is 36.0 Å². The summed E-state index contributed by atoms with van der Waals surface area (Å²) in [4.78, 5) is 41.5. The molecule has 7 N–H and O–H groups in total. The minimum atomic E-state index is -0.635. The number of aromatic amines is 1. The first-order valence-electron chi connectivity index (χ1n) is 19.0. The maximum atomic E-state index is 13.5. The largest absolute Gasteiger partial charge is 0.361 e. The summed E-state index contributed by atoms with van der Waals surface area (Å²) in [6, 6.07) is 12.2. The Kier molecular flexibility index (Phi) is 10.8. The third kappa shape index (κ3) is 7.04. The number of hydrogen-bond donors (Lipinski definition) is 6. The molecule has 13 heteroatoms. The van der Waals surface area contributed by atoms with Crippen molar-refractivity contribution in [3.63, 3.8) is 0 Å². The predicted molar refractivity (Wildman–Crippen MR) is 211 cm³/mol. The maximum absolute atomic E-state index is 13.5. The number of hydroxylamine groups is 2. The molecule has 5 heterocycles. The Bertz CT molecular complexity index is 2080. The lowest BCUT2D eigenvalue weighted by Crippen LogP contribution is -2.56. The molecular weight excluding hydrogens is 669 g/mol. The first-order valence-corrected chi connectivity index (χ1v) is 19.0. The average Bonchev–Trinajstić information content (AvgIpc) is 3.90. The van der Waals surface area contributed by atoms with Crippen LogP contribution in [0.2, 0.25) is 0 Å². The van der Waals surface area contributed by atoms with Gasteiger partial charge in [0.15, 0.2) is 0 Å². The fourth-order valence-electron chi connectivity index (χ4n) is 8.27. The van der Waals surface area contributed by atoms with Crippen LogP contribution in [0.1, 0.15) is 71.5 Å². The Morgan fingerprint density at radius 2 is 1.92 bits per heavy atom. The summed E-state index contributed by atoms with van der Waals surface area (Å²) < 4.78 is 0. The lowest BCUT2D eigenvalue weighted by molar-refractivity contribution is -0.138. The fourth-order valence-corrected chi connectivity index (χ4v) is 8.27. The van der Waals surface area contributed by atoms with Gasteiger partial charge in [-0.1, -0.05) is 39.8 Å². The molecule has 1 amide bonds. The predicted octanol–water partition coefficient (Wildman–Crippen LogP) is 5.90. The van der Waals surface area contributed by atoms with Gasteiger partial charge < -0.3 is 35.9 Å². The molecule has 0 bridgehead atoms. The number of likely N-dealkylation sites (tertiary alicyclic amines) is 1. The smallest absolute Gasteiger partial charge is 0.242 e. The number of nitrogens with zero attached hydrogens (tertiary/aromatic N) is 5. The van der Waals surface area contributed by atoms with E-state index in [2.05, 4.69) is 83.5 Å². The van der Waals surface area contributed by atoms with Gasteiger partial charge in [-0.3, -0.25) is 9.78 Å². The molecule has 1 fully saturated rings. The fraction of sp³-hybridized carbons (Fsp3) is 0.500. The summed E-state index contributed by atoms with van der Waals surface area (Å²) in [5.41, 5.74) is 18.0. The van der Waals surface area contributed by atoms with Crippen LogP contribution in [-0.4, -0.2) is 87.5 Å². The van der Waals surface area contributed by atoms with E-state index >= 15 is 0 Å². The zero-order chi connectivity index (χ0) is 37.4. The van der Waals surface area contributed by atoms with Gasteiger partial charge in [0, 0.05) is 53.8 Å². The summed E-state index contributed by atoms with van der Waals surface area (Å²) in [6.07, 6.45) is 8.35. The maximum Gasteiger partial charge on any atom is 0.242 e. The second-order valence-electron chi connectivity index (χ2n) is 15.4. The Balaban J connectivity index is 1.15. The first kappa shape index (κ1) is 36.9. The molecule has 2 unspecified atom stereocenters. The quantitative estimate of drug-likeness (QED) is 0.0755. The Hall–Kier alpha value is -4.40. The topological polar surface area (TPSA) is 170 Å². The highest BCUT2D eigenvalue weighted by atomic mass is 16.6. The number of rotatable bonds is 14. The highest BCUT2D eigenvalue weighted by Gasteiger charge is 2.43. The minimum Gasteiger partial charge on any atom is -0.361 e. The number of pyridine rings is 2. The van der Waals surface area contributed by atoms with E-state index in [1.165, 1.54) is 0 Å². The van der Waals surface area contributed by atoms with Crippen molar-refractivity contribution < 1.29 is 14.8 Å². The number of benzene rings is 2. The number of hydrogen-bond acceptors (Lipinski definition) is 11. The van der Waals surface area contributed by atoms with E-state index < -0.39 is 6.04 Å². The highest BCUT2D eigenvalue weighted by Crippen LogP contribution is 2.42. The average molecular weight is 723 g/mol. The molecule has 13 nitrogen and oxygen atoms in total. The van der Waals surface area contributed by atoms with Crippen LogP contribution in [0.25, 0.3) is 44.0 Å². The number of carbonyl (C=O) groups is 1. The Morgan fingerprint density at radius 1 is 1.09 bits per heavy atom. The number of likely N-dealkylation sites (N-methyl/N-ethyl adjacent to an activating group) is 1. The van der Waals surface area contributed by atoms with Gasteiger partial charge in [0.2, 0.25) is 5.91 Å². The molecule has 5 atom stereocenters. The zero-order valence-corrected chi connectivity index (χ0v) is 31.7. The van der Waals surface area contributed by atoms with Crippen molar-refractivity contribution in [1.29, 1.82) is 0 Å². The van der Waals surface area contributed by atoms with E-state index in [0.717, 1.165) is 93.3 Å². The number of anilines is 2. The SMILES string of the molecule is CON[C@H](CC(CCCN)c1nc2ccc3cc(-c4ccc5c6c(cnc5c4)N(C)C([C@@H]4CCCN4C(=O)[C@@H](NO)C(C)C)N6)[nH]cc3c2n1)C(C)C. The van der Waals surface area contributed by atoms with Crippen molar-refractivity contribution in [2.24, 2.45) is 17.6 Å². The molecule has 2 aromatic carbocycles. The van der Waals surface area contributed by atoms with Crippen molar-refractivity contribution in [1.82, 2.24) is 35.8 Å². The van der Waals surface area contributed by atoms with Gasteiger partial charge in [-0.25, -0.2) is 9.97 Å². The first-order chi connectivity index (χ1) is 25.6.